The number of aldehydes is 1. The second-order valence-electron chi connectivity index (χ2n) is 4.64. The lowest BCUT2D eigenvalue weighted by molar-refractivity contribution is -0.107. The van der Waals surface area contributed by atoms with E-state index in [0.29, 0.717) is 13.1 Å². The lowest BCUT2D eigenvalue weighted by Crippen LogP contribution is -2.26. The van der Waals surface area contributed by atoms with Gasteiger partial charge in [0.1, 0.15) is 6.29 Å². The topological polar surface area (TPSA) is 113 Å². The summed E-state index contributed by atoms with van der Waals surface area (Å²) in [6.45, 7) is 3.60. The Morgan fingerprint density at radius 1 is 0.962 bits per heavy atom. The van der Waals surface area contributed by atoms with Crippen LogP contribution in [-0.2, 0) is 28.5 Å². The van der Waals surface area contributed by atoms with Gasteiger partial charge in [-0.25, -0.2) is 0 Å². The number of carbonyl (C=O) groups excluding carboxylic acids is 1. The standard InChI is InChI=1S/C5H13NO2.C4H11NO2.C4H8O.C3H7NO.ClH/c1-6-4-5(7-2)8-3;1-6-4(3-5)7-2;1-2-4-5-3-1;1-4-2-3-5;/h5-6H,4H2,1-3H3;4H,3,5H2,1-2H3;1-4H2;3-4H,2H2,1H3;1H. The van der Waals surface area contributed by atoms with E-state index in [1.165, 1.54) is 12.8 Å². The number of methoxy groups -OCH3 is 4. The van der Waals surface area contributed by atoms with Gasteiger partial charge in [0.05, 0.1) is 6.54 Å². The van der Waals surface area contributed by atoms with Crippen molar-refractivity contribution in [3.8, 4) is 0 Å². The summed E-state index contributed by atoms with van der Waals surface area (Å²) in [4.78, 5) is 9.34. The molecule has 9 nitrogen and oxygen atoms in total. The summed E-state index contributed by atoms with van der Waals surface area (Å²) in [7, 11) is 9.93. The molecular weight excluding hydrogens is 366 g/mol. The van der Waals surface area contributed by atoms with E-state index < -0.39 is 0 Å². The number of hydrogen-bond donors (Lipinski definition) is 3. The van der Waals surface area contributed by atoms with Crippen molar-refractivity contribution in [2.45, 2.75) is 25.4 Å². The highest BCUT2D eigenvalue weighted by Crippen LogP contribution is 1.98. The summed E-state index contributed by atoms with van der Waals surface area (Å²) in [6.07, 6.45) is 3.03. The molecule has 0 aliphatic carbocycles. The molecule has 0 amide bonds. The summed E-state index contributed by atoms with van der Waals surface area (Å²) in [6, 6.07) is 0. The second-order valence-corrected chi connectivity index (χ2v) is 4.64. The molecule has 0 atom stereocenters. The lowest BCUT2D eigenvalue weighted by Gasteiger charge is -2.11. The molecule has 0 radical (unpaired) electrons. The highest BCUT2D eigenvalue weighted by atomic mass is 35.5. The third-order valence-electron chi connectivity index (χ3n) is 2.73. The maximum atomic E-state index is 9.34. The average molecular weight is 406 g/mol. The summed E-state index contributed by atoms with van der Waals surface area (Å²) in [5.74, 6) is 0. The Hall–Kier alpha value is -0.360. The van der Waals surface area contributed by atoms with Crippen molar-refractivity contribution in [2.75, 3.05) is 75.4 Å². The molecule has 10 heteroatoms. The predicted molar refractivity (Wildman–Crippen MR) is 106 cm³/mol. The zero-order valence-electron chi connectivity index (χ0n) is 17.1. The first kappa shape index (κ1) is 33.2. The van der Waals surface area contributed by atoms with E-state index in [1.807, 2.05) is 7.05 Å². The van der Waals surface area contributed by atoms with Crippen LogP contribution in [0.2, 0.25) is 0 Å². The molecule has 1 aliphatic heterocycles. The second kappa shape index (κ2) is 32.3. The molecule has 0 spiro atoms. The Labute approximate surface area is 165 Å². The first-order chi connectivity index (χ1) is 12.1. The number of rotatable bonds is 9. The monoisotopic (exact) mass is 405 g/mol. The molecule has 1 heterocycles. The molecule has 0 unspecified atom stereocenters. The normalized spacial score (nSPS) is 12.0. The number of nitrogens with one attached hydrogen (secondary N) is 2. The first-order valence-corrected chi connectivity index (χ1v) is 8.23. The van der Waals surface area contributed by atoms with Gasteiger partial charge in [-0.1, -0.05) is 0 Å². The van der Waals surface area contributed by atoms with Crippen molar-refractivity contribution in [1.82, 2.24) is 10.6 Å². The minimum Gasteiger partial charge on any atom is -0.381 e. The van der Waals surface area contributed by atoms with Crippen LogP contribution in [-0.4, -0.2) is 94.2 Å². The molecule has 1 rings (SSSR count). The SMILES string of the molecule is C1CCOC1.CNCC(OC)OC.CNCC=O.COC(CN)OC.Cl. The maximum absolute atomic E-state index is 9.34. The average Bonchev–Trinajstić information content (AvgIpc) is 3.23. The zero-order chi connectivity index (χ0) is 19.8. The van der Waals surface area contributed by atoms with Gasteiger partial charge in [0.15, 0.2) is 12.6 Å². The number of hydrogen-bond acceptors (Lipinski definition) is 9. The van der Waals surface area contributed by atoms with Crippen molar-refractivity contribution >= 4 is 18.7 Å². The van der Waals surface area contributed by atoms with E-state index in [0.717, 1.165) is 26.0 Å². The van der Waals surface area contributed by atoms with Crippen LogP contribution in [0.3, 0.4) is 0 Å². The number of ether oxygens (including phenoxy) is 5. The summed E-state index contributed by atoms with van der Waals surface area (Å²) in [5, 5.41) is 5.57. The first-order valence-electron chi connectivity index (χ1n) is 8.23. The number of likely N-dealkylation sites (N-methyl/N-ethyl adjacent to an activating group) is 2. The fourth-order valence-corrected chi connectivity index (χ4v) is 1.31. The largest absolute Gasteiger partial charge is 0.381 e. The molecule has 0 saturated carbocycles. The molecular formula is C16H40ClN3O6. The Morgan fingerprint density at radius 3 is 1.50 bits per heavy atom. The molecule has 162 valence electrons. The molecule has 1 aliphatic rings. The zero-order valence-corrected chi connectivity index (χ0v) is 17.9. The molecule has 0 aromatic heterocycles. The molecule has 0 bridgehead atoms. The lowest BCUT2D eigenvalue weighted by atomic mass is 10.4. The Morgan fingerprint density at radius 2 is 1.42 bits per heavy atom. The molecule has 0 aromatic rings. The van der Waals surface area contributed by atoms with Crippen LogP contribution in [0.4, 0.5) is 0 Å². The number of carbonyl (C=O) groups is 1. The van der Waals surface area contributed by atoms with E-state index in [9.17, 15) is 4.79 Å². The van der Waals surface area contributed by atoms with Crippen LogP contribution in [0.25, 0.3) is 0 Å². The molecule has 1 saturated heterocycles. The van der Waals surface area contributed by atoms with E-state index in [1.54, 1.807) is 35.5 Å². The summed E-state index contributed by atoms with van der Waals surface area (Å²) >= 11 is 0. The molecule has 1 fully saturated rings. The van der Waals surface area contributed by atoms with Crippen LogP contribution in [0, 0.1) is 0 Å². The Balaban J connectivity index is -0.000000125. The maximum Gasteiger partial charge on any atom is 0.169 e. The van der Waals surface area contributed by atoms with E-state index in [2.05, 4.69) is 10.6 Å². The van der Waals surface area contributed by atoms with Crippen LogP contribution in [0.1, 0.15) is 12.8 Å². The van der Waals surface area contributed by atoms with Crippen molar-refractivity contribution in [2.24, 2.45) is 5.73 Å². The van der Waals surface area contributed by atoms with Crippen LogP contribution < -0.4 is 16.4 Å². The van der Waals surface area contributed by atoms with Gasteiger partial charge in [0.25, 0.3) is 0 Å². The van der Waals surface area contributed by atoms with Crippen LogP contribution in [0.15, 0.2) is 0 Å². The van der Waals surface area contributed by atoms with Crippen LogP contribution in [0.5, 0.6) is 0 Å². The predicted octanol–water partition coefficient (Wildman–Crippen LogP) is 0.0120. The number of nitrogens with two attached hydrogens (primary N) is 1. The highest BCUT2D eigenvalue weighted by molar-refractivity contribution is 5.85. The molecule has 26 heavy (non-hydrogen) atoms. The smallest absolute Gasteiger partial charge is 0.169 e. The van der Waals surface area contributed by atoms with E-state index in [-0.39, 0.29) is 25.0 Å². The minimum absolute atomic E-state index is 0. The van der Waals surface area contributed by atoms with Crippen molar-refractivity contribution in [3.05, 3.63) is 0 Å². The summed E-state index contributed by atoms with van der Waals surface area (Å²) in [5.41, 5.74) is 5.14. The van der Waals surface area contributed by atoms with Gasteiger partial charge < -0.3 is 44.8 Å². The van der Waals surface area contributed by atoms with Crippen molar-refractivity contribution in [3.63, 3.8) is 0 Å². The fraction of sp³-hybridized carbons (Fsp3) is 0.938. The van der Waals surface area contributed by atoms with E-state index >= 15 is 0 Å². The third-order valence-corrected chi connectivity index (χ3v) is 2.73. The van der Waals surface area contributed by atoms with Gasteiger partial charge in [-0.2, -0.15) is 0 Å². The minimum atomic E-state index is -0.236. The summed E-state index contributed by atoms with van der Waals surface area (Å²) < 4.78 is 24.1. The number of halogens is 1. The van der Waals surface area contributed by atoms with Crippen LogP contribution >= 0.6 is 12.4 Å². The Kier molecular flexibility index (Phi) is 41.3. The molecule has 0 aromatic carbocycles. The Bertz CT molecular complexity index is 219. The quantitative estimate of drug-likeness (QED) is 0.360. The third kappa shape index (κ3) is 31.4. The van der Waals surface area contributed by atoms with Crippen molar-refractivity contribution < 1.29 is 28.5 Å². The van der Waals surface area contributed by atoms with Gasteiger partial charge in [-0.3, -0.25) is 0 Å². The van der Waals surface area contributed by atoms with Gasteiger partial charge >= 0.3 is 0 Å². The fourth-order valence-electron chi connectivity index (χ4n) is 1.31. The molecule has 4 N–H and O–H groups in total. The van der Waals surface area contributed by atoms with Gasteiger partial charge in [0, 0.05) is 54.7 Å². The van der Waals surface area contributed by atoms with E-state index in [4.69, 9.17) is 29.4 Å². The van der Waals surface area contributed by atoms with Gasteiger partial charge in [0.2, 0.25) is 0 Å². The van der Waals surface area contributed by atoms with Crippen molar-refractivity contribution in [1.29, 1.82) is 0 Å². The van der Waals surface area contributed by atoms with Gasteiger partial charge in [-0.05, 0) is 26.9 Å². The highest BCUT2D eigenvalue weighted by Gasteiger charge is 1.99. The van der Waals surface area contributed by atoms with Gasteiger partial charge in [-0.15, -0.1) is 12.4 Å².